The maximum absolute atomic E-state index is 2.54. The Morgan fingerprint density at radius 1 is 0.242 bits per heavy atom. The van der Waals surface area contributed by atoms with Crippen LogP contribution in [0.25, 0.3) is 64.6 Å². The second kappa shape index (κ2) is 12.6. The lowest BCUT2D eigenvalue weighted by Crippen LogP contribution is -2.30. The number of para-hydroxylation sites is 4. The topological polar surface area (TPSA) is 6.48 Å². The molecule has 0 bridgehead atoms. The molecule has 0 amide bonds. The Hall–Kier alpha value is -7.42. The van der Waals surface area contributed by atoms with E-state index >= 15 is 0 Å². The monoisotopic (exact) mass is 792 g/mol. The summed E-state index contributed by atoms with van der Waals surface area (Å²) >= 11 is 0. The number of hydrogen-bond acceptors (Lipinski definition) is 2. The summed E-state index contributed by atoms with van der Waals surface area (Å²) < 4.78 is 0. The fourth-order valence-corrected chi connectivity index (χ4v) is 11.5. The summed E-state index contributed by atoms with van der Waals surface area (Å²) in [6.07, 6.45) is 0. The van der Waals surface area contributed by atoms with E-state index in [0.29, 0.717) is 0 Å². The second-order valence-corrected chi connectivity index (χ2v) is 18.5. The van der Waals surface area contributed by atoms with Crippen molar-refractivity contribution < 1.29 is 0 Å². The van der Waals surface area contributed by atoms with Gasteiger partial charge in [0.25, 0.3) is 0 Å². The van der Waals surface area contributed by atoms with Gasteiger partial charge in [-0.3, -0.25) is 0 Å². The van der Waals surface area contributed by atoms with Gasteiger partial charge in [-0.25, -0.2) is 0 Å². The zero-order valence-electron chi connectivity index (χ0n) is 35.4. The molecule has 2 aliphatic rings. The zero-order valence-corrected chi connectivity index (χ0v) is 35.4. The number of rotatable bonds is 2. The van der Waals surface area contributed by atoms with E-state index in [-0.39, 0.29) is 10.8 Å². The van der Waals surface area contributed by atoms with Crippen LogP contribution in [-0.4, -0.2) is 0 Å². The highest BCUT2D eigenvalue weighted by Gasteiger charge is 2.39. The van der Waals surface area contributed by atoms with Crippen molar-refractivity contribution in [1.29, 1.82) is 0 Å². The molecule has 0 radical (unpaired) electrons. The first-order valence-corrected chi connectivity index (χ1v) is 21.9. The molecule has 0 fully saturated rings. The molecule has 0 saturated heterocycles. The predicted octanol–water partition coefficient (Wildman–Crippen LogP) is 16.8. The zero-order chi connectivity index (χ0) is 41.5. The number of fused-ring (bicyclic) bond motifs is 16. The van der Waals surface area contributed by atoms with Crippen LogP contribution >= 0.6 is 0 Å². The molecule has 294 valence electrons. The van der Waals surface area contributed by atoms with E-state index in [9.17, 15) is 0 Å². The van der Waals surface area contributed by atoms with Gasteiger partial charge in [-0.2, -0.15) is 0 Å². The maximum Gasteiger partial charge on any atom is 0.0509 e. The normalized spacial score (nSPS) is 15.0. The third-order valence-corrected chi connectivity index (χ3v) is 14.5. The largest absolute Gasteiger partial charge is 0.310 e. The molecule has 0 saturated carbocycles. The van der Waals surface area contributed by atoms with Crippen molar-refractivity contribution in [1.82, 2.24) is 0 Å². The van der Waals surface area contributed by atoms with Crippen LogP contribution in [0.15, 0.2) is 194 Å². The number of anilines is 6. The Bertz CT molecular complexity index is 3450. The lowest BCUT2D eigenvalue weighted by atomic mass is 9.72. The lowest BCUT2D eigenvalue weighted by Gasteiger charge is -2.42. The van der Waals surface area contributed by atoms with Crippen molar-refractivity contribution in [2.45, 2.75) is 38.5 Å². The molecule has 0 unspecified atom stereocenters. The van der Waals surface area contributed by atoms with E-state index in [1.165, 1.54) is 121 Å². The molecule has 0 N–H and O–H groups in total. The summed E-state index contributed by atoms with van der Waals surface area (Å²) in [5, 5.41) is 15.4. The molecule has 0 aromatic heterocycles. The van der Waals surface area contributed by atoms with Gasteiger partial charge in [0.2, 0.25) is 0 Å². The standard InChI is InChI=1S/C60H44N2/c1-59(2)51-27-15-17-29-55(51)61(37-19-7-5-8-20-37)57-35-49-41-25-13-11-23-39(41)43-32-46-44(31-45(43)47(49)33-53(57)59)40-24-12-14-26-42(40)50-36-58-54(34-48(46)50)60(3,4)52-28-16-18-30-56(52)62(58)38-21-9-6-10-22-38/h5-36H,1-4H3. The maximum atomic E-state index is 2.54. The van der Waals surface area contributed by atoms with Crippen LogP contribution in [0.3, 0.4) is 0 Å². The van der Waals surface area contributed by atoms with Gasteiger partial charge in [0.1, 0.15) is 0 Å². The van der Waals surface area contributed by atoms with E-state index in [1.54, 1.807) is 0 Å². The van der Waals surface area contributed by atoms with E-state index < -0.39 is 0 Å². The Labute approximate surface area is 361 Å². The molecule has 13 rings (SSSR count). The van der Waals surface area contributed by atoms with Crippen molar-refractivity contribution >= 4 is 98.8 Å². The molecule has 0 atom stereocenters. The number of benzene rings is 11. The minimum absolute atomic E-state index is 0.221. The van der Waals surface area contributed by atoms with Crippen molar-refractivity contribution in [3.8, 4) is 0 Å². The molecule has 11 aromatic rings. The van der Waals surface area contributed by atoms with Gasteiger partial charge in [-0.15, -0.1) is 0 Å². The summed E-state index contributed by atoms with van der Waals surface area (Å²) in [6.45, 7) is 9.60. The quantitative estimate of drug-likeness (QED) is 0.127. The van der Waals surface area contributed by atoms with Crippen LogP contribution in [0.2, 0.25) is 0 Å². The van der Waals surface area contributed by atoms with Crippen molar-refractivity contribution in [3.05, 3.63) is 216 Å². The van der Waals surface area contributed by atoms with Crippen LogP contribution in [0.1, 0.15) is 49.9 Å². The first kappa shape index (κ1) is 35.3. The van der Waals surface area contributed by atoms with Gasteiger partial charge in [-0.1, -0.05) is 149 Å². The predicted molar refractivity (Wildman–Crippen MR) is 265 cm³/mol. The summed E-state index contributed by atoms with van der Waals surface area (Å²) in [6, 6.07) is 72.9. The molecule has 11 aromatic carbocycles. The highest BCUT2D eigenvalue weighted by Crippen LogP contribution is 2.56. The third kappa shape index (κ3) is 4.70. The first-order chi connectivity index (χ1) is 30.3. The van der Waals surface area contributed by atoms with Gasteiger partial charge in [0.05, 0.1) is 22.7 Å². The van der Waals surface area contributed by atoms with Gasteiger partial charge in [0.15, 0.2) is 0 Å². The Morgan fingerprint density at radius 2 is 0.532 bits per heavy atom. The summed E-state index contributed by atoms with van der Waals surface area (Å²) in [7, 11) is 0. The van der Waals surface area contributed by atoms with Gasteiger partial charge < -0.3 is 9.80 Å². The summed E-state index contributed by atoms with van der Waals surface area (Å²) in [5.74, 6) is 0. The molecule has 62 heavy (non-hydrogen) atoms. The van der Waals surface area contributed by atoms with Crippen molar-refractivity contribution in [3.63, 3.8) is 0 Å². The van der Waals surface area contributed by atoms with Crippen LogP contribution < -0.4 is 9.80 Å². The average Bonchev–Trinajstić information content (AvgIpc) is 3.31. The SMILES string of the molecule is CC1(C)c2ccccc2N(c2ccccc2)c2cc3c4ccccc4c4cc5c6cc7c(cc6c6ccccc6c5cc4c3cc21)N(c1ccccc1)c1ccccc1C7(C)C. The van der Waals surface area contributed by atoms with Crippen molar-refractivity contribution in [2.75, 3.05) is 9.80 Å². The van der Waals surface area contributed by atoms with E-state index in [2.05, 4.69) is 232 Å². The molecular weight excluding hydrogens is 749 g/mol. The van der Waals surface area contributed by atoms with Crippen LogP contribution in [-0.2, 0) is 10.8 Å². The molecular formula is C60H44N2. The summed E-state index contributed by atoms with van der Waals surface area (Å²) in [5.41, 5.74) is 12.2. The minimum Gasteiger partial charge on any atom is -0.310 e. The Morgan fingerprint density at radius 3 is 0.919 bits per heavy atom. The Balaban J connectivity index is 1.16. The number of hydrogen-bond donors (Lipinski definition) is 0. The summed E-state index contributed by atoms with van der Waals surface area (Å²) in [4.78, 5) is 4.96. The average molecular weight is 793 g/mol. The van der Waals surface area contributed by atoms with Crippen LogP contribution in [0.4, 0.5) is 34.1 Å². The Kier molecular flexibility index (Phi) is 7.16. The second-order valence-electron chi connectivity index (χ2n) is 18.5. The molecule has 2 nitrogen and oxygen atoms in total. The van der Waals surface area contributed by atoms with E-state index in [0.717, 1.165) is 0 Å². The van der Waals surface area contributed by atoms with E-state index in [1.807, 2.05) is 0 Å². The molecule has 2 aliphatic heterocycles. The van der Waals surface area contributed by atoms with Crippen LogP contribution in [0, 0.1) is 0 Å². The fourth-order valence-electron chi connectivity index (χ4n) is 11.5. The highest BCUT2D eigenvalue weighted by atomic mass is 15.2. The fraction of sp³-hybridized carbons (Fsp3) is 0.100. The van der Waals surface area contributed by atoms with Gasteiger partial charge >= 0.3 is 0 Å². The van der Waals surface area contributed by atoms with Gasteiger partial charge in [-0.05, 0) is 160 Å². The number of nitrogens with zero attached hydrogens (tertiary/aromatic N) is 2. The molecule has 0 aliphatic carbocycles. The lowest BCUT2D eigenvalue weighted by molar-refractivity contribution is 0.633. The van der Waals surface area contributed by atoms with E-state index in [4.69, 9.17) is 0 Å². The van der Waals surface area contributed by atoms with Gasteiger partial charge in [0, 0.05) is 22.2 Å². The molecule has 0 spiro atoms. The first-order valence-electron chi connectivity index (χ1n) is 21.9. The third-order valence-electron chi connectivity index (χ3n) is 14.5. The van der Waals surface area contributed by atoms with Crippen molar-refractivity contribution in [2.24, 2.45) is 0 Å². The highest BCUT2D eigenvalue weighted by molar-refractivity contribution is 6.33. The molecule has 2 heteroatoms. The minimum atomic E-state index is -0.221. The van der Waals surface area contributed by atoms with Crippen LogP contribution in [0.5, 0.6) is 0 Å². The smallest absolute Gasteiger partial charge is 0.0509 e. The molecule has 2 heterocycles.